The van der Waals surface area contributed by atoms with Gasteiger partial charge in [-0.3, -0.25) is 0 Å². The fraction of sp³-hybridized carbons (Fsp3) is 0.435. The molecular weight excluding hydrogens is 452 g/mol. The monoisotopic (exact) mass is 480 g/mol. The van der Waals surface area contributed by atoms with Crippen molar-refractivity contribution >= 4 is 5.97 Å². The molecule has 0 bridgehead atoms. The van der Waals surface area contributed by atoms with E-state index in [2.05, 4.69) is 0 Å². The minimum atomic E-state index is -1.71. The van der Waals surface area contributed by atoms with Crippen molar-refractivity contribution in [1.29, 1.82) is 0 Å². The first kappa shape index (κ1) is 25.4. The van der Waals surface area contributed by atoms with Crippen molar-refractivity contribution in [3.8, 4) is 28.7 Å². The molecular formula is C23H28O11. The first-order valence-corrected chi connectivity index (χ1v) is 10.5. The highest BCUT2D eigenvalue weighted by Crippen LogP contribution is 2.37. The lowest BCUT2D eigenvalue weighted by molar-refractivity contribution is -0.277. The van der Waals surface area contributed by atoms with E-state index >= 15 is 0 Å². The lowest BCUT2D eigenvalue weighted by atomic mass is 9.98. The Morgan fingerprint density at radius 2 is 1.62 bits per heavy atom. The number of carbonyl (C=O) groups is 1. The van der Waals surface area contributed by atoms with Gasteiger partial charge in [0.25, 0.3) is 0 Å². The molecule has 11 heteroatoms. The molecule has 34 heavy (non-hydrogen) atoms. The number of hydrogen-bond donors (Lipinski definition) is 7. The Bertz CT molecular complexity index is 1030. The number of aliphatic hydroxyl groups excluding tert-OH is 3. The summed E-state index contributed by atoms with van der Waals surface area (Å²) in [6.45, 7) is 4.69. The van der Waals surface area contributed by atoms with Crippen LogP contribution in [0.4, 0.5) is 0 Å². The Morgan fingerprint density at radius 3 is 2.18 bits per heavy atom. The van der Waals surface area contributed by atoms with E-state index in [-0.39, 0.29) is 23.0 Å². The maximum absolute atomic E-state index is 12.6. The number of phenolic OH excluding ortho intramolecular Hbond substituents is 4. The number of esters is 1. The Balaban J connectivity index is 1.88. The van der Waals surface area contributed by atoms with Crippen LogP contribution in [0.2, 0.25) is 0 Å². The molecule has 0 spiro atoms. The van der Waals surface area contributed by atoms with Crippen molar-refractivity contribution in [3.05, 3.63) is 41.0 Å². The predicted molar refractivity (Wildman–Crippen MR) is 116 cm³/mol. The van der Waals surface area contributed by atoms with Crippen molar-refractivity contribution in [2.75, 3.05) is 6.61 Å². The molecule has 1 saturated heterocycles. The van der Waals surface area contributed by atoms with E-state index in [0.717, 1.165) is 12.1 Å². The molecule has 5 atom stereocenters. The standard InChI is InChI=1S/C23H28O11/c1-9(2)12-7-13(25)10(3)4-16(12)32-23-20(30)21(19(29)17(8-24)33-23)34-22(31)11-5-14(26)18(28)15(27)6-11/h4-7,9,17,19-21,23-30H,8H2,1-3H3/t17-,19-,20-,21+,23-/m1/s1. The highest BCUT2D eigenvalue weighted by molar-refractivity contribution is 5.91. The summed E-state index contributed by atoms with van der Waals surface area (Å²) >= 11 is 0. The minimum Gasteiger partial charge on any atom is -0.508 e. The first-order valence-electron chi connectivity index (χ1n) is 10.5. The molecule has 2 aromatic carbocycles. The first-order chi connectivity index (χ1) is 15.9. The summed E-state index contributed by atoms with van der Waals surface area (Å²) in [5, 5.41) is 69.7. The van der Waals surface area contributed by atoms with Gasteiger partial charge in [-0.25, -0.2) is 4.79 Å². The predicted octanol–water partition coefficient (Wildman–Crippen LogP) is 0.984. The SMILES string of the molecule is Cc1cc(O[C@@H]2O[C@H](CO)[C@@H](O)[C@H](OC(=O)c3cc(O)c(O)c(O)c3)[C@H]2O)c(C(C)C)cc1O. The number of aliphatic hydroxyl groups is 3. The Kier molecular flexibility index (Phi) is 7.41. The van der Waals surface area contributed by atoms with E-state index in [9.17, 15) is 40.5 Å². The summed E-state index contributed by atoms with van der Waals surface area (Å²) in [5.74, 6) is -3.28. The van der Waals surface area contributed by atoms with Gasteiger partial charge in [0.2, 0.25) is 6.29 Å². The zero-order valence-electron chi connectivity index (χ0n) is 18.7. The average molecular weight is 480 g/mol. The number of carbonyl (C=O) groups excluding carboxylic acids is 1. The van der Waals surface area contributed by atoms with Crippen molar-refractivity contribution in [2.24, 2.45) is 0 Å². The lowest BCUT2D eigenvalue weighted by Crippen LogP contribution is -2.61. The summed E-state index contributed by atoms with van der Waals surface area (Å²) in [4.78, 5) is 12.6. The van der Waals surface area contributed by atoms with E-state index in [1.54, 1.807) is 13.0 Å². The smallest absolute Gasteiger partial charge is 0.338 e. The van der Waals surface area contributed by atoms with Crippen LogP contribution < -0.4 is 4.74 Å². The lowest BCUT2D eigenvalue weighted by Gasteiger charge is -2.41. The van der Waals surface area contributed by atoms with Crippen molar-refractivity contribution in [3.63, 3.8) is 0 Å². The van der Waals surface area contributed by atoms with Crippen molar-refractivity contribution < 1.29 is 54.8 Å². The summed E-state index contributed by atoms with van der Waals surface area (Å²) < 4.78 is 16.6. The molecule has 0 radical (unpaired) electrons. The van der Waals surface area contributed by atoms with Gasteiger partial charge in [0, 0.05) is 5.56 Å². The van der Waals surface area contributed by atoms with E-state index < -0.39 is 60.5 Å². The number of phenols is 4. The third-order valence-corrected chi connectivity index (χ3v) is 5.56. The highest BCUT2D eigenvalue weighted by Gasteiger charge is 2.48. The Hall–Kier alpha value is -3.25. The average Bonchev–Trinajstić information content (AvgIpc) is 2.78. The molecule has 0 amide bonds. The van der Waals surface area contributed by atoms with E-state index in [4.69, 9.17) is 14.2 Å². The number of rotatable bonds is 6. The zero-order valence-corrected chi connectivity index (χ0v) is 18.7. The Labute approximate surface area is 195 Å². The minimum absolute atomic E-state index is 0.0528. The number of aryl methyl sites for hydroxylation is 1. The van der Waals surface area contributed by atoms with Crippen LogP contribution in [-0.4, -0.2) is 79.0 Å². The molecule has 0 aliphatic carbocycles. The van der Waals surface area contributed by atoms with Crippen molar-refractivity contribution in [2.45, 2.75) is 57.4 Å². The molecule has 1 aliphatic rings. The number of benzene rings is 2. The number of aromatic hydroxyl groups is 4. The van der Waals surface area contributed by atoms with Gasteiger partial charge in [-0.2, -0.15) is 0 Å². The van der Waals surface area contributed by atoms with Crippen LogP contribution in [-0.2, 0) is 9.47 Å². The Morgan fingerprint density at radius 1 is 1.00 bits per heavy atom. The van der Waals surface area contributed by atoms with Gasteiger partial charge < -0.3 is 50.0 Å². The van der Waals surface area contributed by atoms with Gasteiger partial charge >= 0.3 is 5.97 Å². The quantitative estimate of drug-likeness (QED) is 0.231. The van der Waals surface area contributed by atoms with Crippen LogP contribution in [0.5, 0.6) is 28.7 Å². The van der Waals surface area contributed by atoms with E-state index in [1.807, 2.05) is 13.8 Å². The number of ether oxygens (including phenoxy) is 3. The summed E-state index contributed by atoms with van der Waals surface area (Å²) in [7, 11) is 0. The van der Waals surface area contributed by atoms with E-state index in [0.29, 0.717) is 11.1 Å². The third-order valence-electron chi connectivity index (χ3n) is 5.56. The molecule has 1 fully saturated rings. The largest absolute Gasteiger partial charge is 0.508 e. The van der Waals surface area contributed by atoms with Gasteiger partial charge in [-0.15, -0.1) is 0 Å². The molecule has 2 aromatic rings. The zero-order chi connectivity index (χ0) is 25.3. The van der Waals surface area contributed by atoms with Crippen LogP contribution in [0, 0.1) is 6.92 Å². The van der Waals surface area contributed by atoms with Crippen molar-refractivity contribution in [1.82, 2.24) is 0 Å². The normalized spacial score (nSPS) is 24.7. The second-order valence-corrected chi connectivity index (χ2v) is 8.39. The van der Waals surface area contributed by atoms with Gasteiger partial charge in [0.1, 0.15) is 23.7 Å². The summed E-state index contributed by atoms with van der Waals surface area (Å²) in [6.07, 6.45) is -7.73. The van der Waals surface area contributed by atoms with E-state index in [1.165, 1.54) is 6.07 Å². The molecule has 1 aliphatic heterocycles. The molecule has 7 N–H and O–H groups in total. The van der Waals surface area contributed by atoms with Crippen LogP contribution in [0.15, 0.2) is 24.3 Å². The fourth-order valence-electron chi connectivity index (χ4n) is 3.57. The van der Waals surface area contributed by atoms with Gasteiger partial charge in [0.05, 0.1) is 12.2 Å². The van der Waals surface area contributed by atoms with Gasteiger partial charge in [-0.1, -0.05) is 13.8 Å². The topological polar surface area (TPSA) is 186 Å². The molecule has 1 heterocycles. The molecule has 0 saturated carbocycles. The molecule has 186 valence electrons. The summed E-state index contributed by atoms with van der Waals surface area (Å²) in [5.41, 5.74) is 0.737. The molecule has 3 rings (SSSR count). The second-order valence-electron chi connectivity index (χ2n) is 8.39. The van der Waals surface area contributed by atoms with Crippen LogP contribution in [0.25, 0.3) is 0 Å². The third kappa shape index (κ3) is 4.97. The number of hydrogen-bond acceptors (Lipinski definition) is 11. The maximum atomic E-state index is 12.6. The second kappa shape index (κ2) is 9.94. The summed E-state index contributed by atoms with van der Waals surface area (Å²) in [6, 6.07) is 4.73. The maximum Gasteiger partial charge on any atom is 0.338 e. The highest BCUT2D eigenvalue weighted by atomic mass is 16.7. The van der Waals surface area contributed by atoms with Gasteiger partial charge in [0.15, 0.2) is 29.5 Å². The van der Waals surface area contributed by atoms with Gasteiger partial charge in [-0.05, 0) is 42.7 Å². The van der Waals surface area contributed by atoms with Crippen LogP contribution >= 0.6 is 0 Å². The molecule has 11 nitrogen and oxygen atoms in total. The van der Waals surface area contributed by atoms with Crippen LogP contribution in [0.3, 0.4) is 0 Å². The fourth-order valence-corrected chi connectivity index (χ4v) is 3.57. The molecule has 0 aromatic heterocycles. The molecule has 0 unspecified atom stereocenters. The van der Waals surface area contributed by atoms with Crippen LogP contribution in [0.1, 0.15) is 41.3 Å².